The quantitative estimate of drug-likeness (QED) is 0.178. The van der Waals surface area contributed by atoms with Crippen LogP contribution in [-0.4, -0.2) is 26.2 Å². The Balaban J connectivity index is 1.88. The van der Waals surface area contributed by atoms with E-state index >= 15 is 0 Å². The number of carbonyl (C=O) groups excluding carboxylic acids is 2. The fourth-order valence-electron chi connectivity index (χ4n) is 3.05. The summed E-state index contributed by atoms with van der Waals surface area (Å²) >= 11 is 0. The van der Waals surface area contributed by atoms with Crippen molar-refractivity contribution in [1.29, 1.82) is 0 Å². The van der Waals surface area contributed by atoms with Crippen LogP contribution in [0.3, 0.4) is 0 Å². The van der Waals surface area contributed by atoms with Crippen LogP contribution in [0.15, 0.2) is 18.2 Å². The maximum atomic E-state index is 14.1. The molecule has 37 heavy (non-hydrogen) atoms. The van der Waals surface area contributed by atoms with Crippen molar-refractivity contribution in [3.8, 4) is 23.0 Å². The van der Waals surface area contributed by atoms with Gasteiger partial charge in [-0.2, -0.15) is 17.6 Å². The summed E-state index contributed by atoms with van der Waals surface area (Å²) in [7, 11) is 1.47. The lowest BCUT2D eigenvalue weighted by Crippen LogP contribution is -2.18. The molecule has 196 valence electrons. The van der Waals surface area contributed by atoms with Crippen LogP contribution in [-0.2, 0) is 0 Å². The van der Waals surface area contributed by atoms with Crippen LogP contribution in [0.25, 0.3) is 0 Å². The van der Waals surface area contributed by atoms with Crippen LogP contribution in [0.1, 0.15) is 26.3 Å². The van der Waals surface area contributed by atoms with E-state index in [2.05, 4.69) is 9.47 Å². The summed E-state index contributed by atoms with van der Waals surface area (Å²) in [5.74, 6) is -23.8. The highest BCUT2D eigenvalue weighted by Crippen LogP contribution is 2.33. The van der Waals surface area contributed by atoms with E-state index in [1.807, 2.05) is 0 Å². The van der Waals surface area contributed by atoms with Gasteiger partial charge in [-0.1, -0.05) is 0 Å². The number of hydrogen-bond donors (Lipinski definition) is 0. The van der Waals surface area contributed by atoms with Crippen molar-refractivity contribution in [2.45, 2.75) is 6.92 Å². The number of benzene rings is 3. The second-order valence-electron chi connectivity index (χ2n) is 7.03. The summed E-state index contributed by atoms with van der Waals surface area (Å²) in [5, 5.41) is 0. The number of methoxy groups -OCH3 is 2. The Kier molecular flexibility index (Phi) is 7.60. The van der Waals surface area contributed by atoms with E-state index in [9.17, 15) is 44.7 Å². The molecule has 14 heteroatoms. The predicted molar refractivity (Wildman–Crippen MR) is 107 cm³/mol. The molecule has 0 aliphatic carbocycles. The number of aryl methyl sites for hydroxylation is 1. The van der Waals surface area contributed by atoms with Crippen LogP contribution >= 0.6 is 0 Å². The van der Waals surface area contributed by atoms with E-state index in [0.717, 1.165) is 32.4 Å². The fourth-order valence-corrected chi connectivity index (χ4v) is 3.05. The first kappa shape index (κ1) is 27.2. The van der Waals surface area contributed by atoms with E-state index < -0.39 is 92.6 Å². The molecule has 0 aliphatic rings. The van der Waals surface area contributed by atoms with Gasteiger partial charge in [0.05, 0.1) is 14.2 Å². The molecule has 0 radical (unpaired) electrons. The Hall–Kier alpha value is -4.36. The largest absolute Gasteiger partial charge is 0.491 e. The molecule has 0 saturated carbocycles. The first-order chi connectivity index (χ1) is 17.3. The SMILES string of the molecule is COc1c(F)c(F)c(C(=O)Oc2ccc(OC(=O)c3c(F)c(F)c(OC)c(F)c3F)c(C)c2)c(F)c1F. The Morgan fingerprint density at radius 1 is 0.595 bits per heavy atom. The molecule has 0 aromatic heterocycles. The summed E-state index contributed by atoms with van der Waals surface area (Å²) in [6, 6.07) is 2.67. The molecule has 0 heterocycles. The van der Waals surface area contributed by atoms with Gasteiger partial charge in [-0.15, -0.1) is 0 Å². The van der Waals surface area contributed by atoms with Crippen molar-refractivity contribution >= 4 is 11.9 Å². The summed E-state index contributed by atoms with van der Waals surface area (Å²) in [6.45, 7) is 1.20. The van der Waals surface area contributed by atoms with Gasteiger partial charge in [0.15, 0.2) is 34.8 Å². The summed E-state index contributed by atoms with van der Waals surface area (Å²) < 4.78 is 130. The van der Waals surface area contributed by atoms with Crippen LogP contribution in [0, 0.1) is 53.5 Å². The zero-order valence-corrected chi connectivity index (χ0v) is 18.7. The molecule has 0 aliphatic heterocycles. The van der Waals surface area contributed by atoms with Gasteiger partial charge >= 0.3 is 11.9 Å². The molecule has 0 amide bonds. The van der Waals surface area contributed by atoms with Crippen LogP contribution in [0.5, 0.6) is 23.0 Å². The number of rotatable bonds is 6. The third-order valence-electron chi connectivity index (χ3n) is 4.82. The summed E-state index contributed by atoms with van der Waals surface area (Å²) in [5.41, 5.74) is -3.51. The lowest BCUT2D eigenvalue weighted by Gasteiger charge is -2.13. The van der Waals surface area contributed by atoms with Gasteiger partial charge in [-0.05, 0) is 30.7 Å². The molecular formula is C23H12F8O6. The van der Waals surface area contributed by atoms with Gasteiger partial charge in [0.2, 0.25) is 23.3 Å². The maximum Gasteiger partial charge on any atom is 0.349 e. The van der Waals surface area contributed by atoms with Gasteiger partial charge in [0.25, 0.3) is 0 Å². The van der Waals surface area contributed by atoms with Crippen molar-refractivity contribution in [2.24, 2.45) is 0 Å². The highest BCUT2D eigenvalue weighted by atomic mass is 19.2. The maximum absolute atomic E-state index is 14.1. The third kappa shape index (κ3) is 4.73. The molecule has 0 bridgehead atoms. The standard InChI is InChI=1S/C23H12F8O6/c1-7-6-8(36-22(32)10-12(24)16(28)20(34-2)17(29)13(10)25)4-5-9(7)37-23(33)11-14(26)18(30)21(35-3)19(31)15(11)27/h4-6H,1-3H3. The van der Waals surface area contributed by atoms with E-state index in [4.69, 9.17) is 9.47 Å². The van der Waals surface area contributed by atoms with Crippen molar-refractivity contribution in [3.05, 3.63) is 81.4 Å². The Morgan fingerprint density at radius 3 is 1.32 bits per heavy atom. The highest BCUT2D eigenvalue weighted by molar-refractivity contribution is 5.93. The highest BCUT2D eigenvalue weighted by Gasteiger charge is 2.33. The van der Waals surface area contributed by atoms with Crippen molar-refractivity contribution in [1.82, 2.24) is 0 Å². The van der Waals surface area contributed by atoms with Gasteiger partial charge in [-0.3, -0.25) is 0 Å². The van der Waals surface area contributed by atoms with Gasteiger partial charge in [-0.25, -0.2) is 27.2 Å². The van der Waals surface area contributed by atoms with Crippen LogP contribution in [0.2, 0.25) is 0 Å². The zero-order chi connectivity index (χ0) is 27.8. The average Bonchev–Trinajstić information content (AvgIpc) is 2.84. The first-order valence-corrected chi connectivity index (χ1v) is 9.70. The molecule has 3 rings (SSSR count). The zero-order valence-electron chi connectivity index (χ0n) is 18.7. The second-order valence-corrected chi connectivity index (χ2v) is 7.03. The Bertz CT molecular complexity index is 1380. The van der Waals surface area contributed by atoms with E-state index in [1.54, 1.807) is 0 Å². The molecule has 6 nitrogen and oxygen atoms in total. The molecule has 0 fully saturated rings. The minimum absolute atomic E-state index is 0.0954. The monoisotopic (exact) mass is 536 g/mol. The first-order valence-electron chi connectivity index (χ1n) is 9.70. The van der Waals surface area contributed by atoms with Gasteiger partial charge in [0, 0.05) is 0 Å². The molecule has 0 saturated heterocycles. The fraction of sp³-hybridized carbons (Fsp3) is 0.130. The summed E-state index contributed by atoms with van der Waals surface area (Å²) in [4.78, 5) is 24.4. The Morgan fingerprint density at radius 2 is 0.973 bits per heavy atom. The number of carbonyl (C=O) groups is 2. The number of halogens is 8. The predicted octanol–water partition coefficient (Wildman–Crippen LogP) is 5.56. The topological polar surface area (TPSA) is 71.1 Å². The van der Waals surface area contributed by atoms with Gasteiger partial charge < -0.3 is 18.9 Å². The molecular weight excluding hydrogens is 524 g/mol. The van der Waals surface area contributed by atoms with Crippen molar-refractivity contribution < 1.29 is 63.7 Å². The lowest BCUT2D eigenvalue weighted by atomic mass is 10.1. The Labute approximate surface area is 201 Å². The van der Waals surface area contributed by atoms with Crippen LogP contribution < -0.4 is 18.9 Å². The molecule has 0 atom stereocenters. The van der Waals surface area contributed by atoms with E-state index in [0.29, 0.717) is 0 Å². The average molecular weight is 536 g/mol. The molecule has 3 aromatic rings. The lowest BCUT2D eigenvalue weighted by molar-refractivity contribution is 0.0704. The van der Waals surface area contributed by atoms with E-state index in [-0.39, 0.29) is 5.56 Å². The normalized spacial score (nSPS) is 10.8. The third-order valence-corrected chi connectivity index (χ3v) is 4.82. The minimum Gasteiger partial charge on any atom is -0.491 e. The smallest absolute Gasteiger partial charge is 0.349 e. The molecule has 3 aromatic carbocycles. The van der Waals surface area contributed by atoms with Crippen molar-refractivity contribution in [3.63, 3.8) is 0 Å². The molecule has 0 unspecified atom stereocenters. The number of hydrogen-bond acceptors (Lipinski definition) is 6. The number of esters is 2. The van der Waals surface area contributed by atoms with Crippen LogP contribution in [0.4, 0.5) is 35.1 Å². The van der Waals surface area contributed by atoms with E-state index in [1.165, 1.54) is 6.92 Å². The molecule has 0 spiro atoms. The van der Waals surface area contributed by atoms with Crippen molar-refractivity contribution in [2.75, 3.05) is 14.2 Å². The second kappa shape index (κ2) is 10.3. The minimum atomic E-state index is -2.09. The van der Waals surface area contributed by atoms with Gasteiger partial charge in [0.1, 0.15) is 22.6 Å². The molecule has 0 N–H and O–H groups in total. The number of ether oxygens (including phenoxy) is 4. The summed E-state index contributed by atoms with van der Waals surface area (Å²) in [6.07, 6.45) is 0.